The second-order valence-electron chi connectivity index (χ2n) is 9.64. The molecule has 2 aliphatic rings. The van der Waals surface area contributed by atoms with E-state index >= 15 is 0 Å². The first kappa shape index (κ1) is 24.9. The van der Waals surface area contributed by atoms with Crippen LogP contribution in [0.1, 0.15) is 74.2 Å². The van der Waals surface area contributed by atoms with E-state index < -0.39 is 17.6 Å². The van der Waals surface area contributed by atoms with Crippen LogP contribution in [0, 0.1) is 0 Å². The van der Waals surface area contributed by atoms with E-state index in [9.17, 15) is 18.0 Å². The number of amides is 1. The van der Waals surface area contributed by atoms with Crippen molar-refractivity contribution in [3.8, 4) is 0 Å². The molecule has 7 nitrogen and oxygen atoms in total. The lowest BCUT2D eigenvalue weighted by Gasteiger charge is -2.33. The van der Waals surface area contributed by atoms with Crippen molar-refractivity contribution in [1.29, 1.82) is 0 Å². The molecule has 35 heavy (non-hydrogen) atoms. The zero-order chi connectivity index (χ0) is 24.9. The van der Waals surface area contributed by atoms with E-state index in [1.165, 1.54) is 12.1 Å². The lowest BCUT2D eigenvalue weighted by molar-refractivity contribution is -0.137. The van der Waals surface area contributed by atoms with Crippen molar-refractivity contribution < 1.29 is 18.0 Å². The third-order valence-electron chi connectivity index (χ3n) is 6.77. The van der Waals surface area contributed by atoms with Crippen LogP contribution in [0.5, 0.6) is 0 Å². The zero-order valence-electron chi connectivity index (χ0n) is 19.7. The fourth-order valence-electron chi connectivity index (χ4n) is 4.76. The number of halogens is 3. The summed E-state index contributed by atoms with van der Waals surface area (Å²) in [6.45, 7) is 2.11. The molecule has 188 valence electrons. The van der Waals surface area contributed by atoms with Crippen LogP contribution in [0.15, 0.2) is 47.7 Å². The Kier molecular flexibility index (Phi) is 7.57. The number of alkyl halides is 3. The molecule has 0 bridgehead atoms. The number of hydrogen-bond donors (Lipinski definition) is 3. The van der Waals surface area contributed by atoms with Gasteiger partial charge in [0.05, 0.1) is 5.56 Å². The minimum atomic E-state index is -4.45. The van der Waals surface area contributed by atoms with Crippen LogP contribution in [-0.4, -0.2) is 39.5 Å². The largest absolute Gasteiger partial charge is 0.416 e. The molecule has 1 heterocycles. The van der Waals surface area contributed by atoms with Gasteiger partial charge in [0.15, 0.2) is 5.96 Å². The van der Waals surface area contributed by atoms with Crippen molar-refractivity contribution in [2.45, 2.75) is 82.1 Å². The second kappa shape index (κ2) is 10.6. The van der Waals surface area contributed by atoms with Gasteiger partial charge < -0.3 is 16.0 Å². The average molecular weight is 489 g/mol. The van der Waals surface area contributed by atoms with Gasteiger partial charge in [-0.1, -0.05) is 12.8 Å². The number of rotatable bonds is 5. The number of aliphatic imine (C=N–C) groups is 1. The molecule has 1 aromatic heterocycles. The fraction of sp³-hybridized carbons (Fsp3) is 0.520. The molecule has 0 saturated heterocycles. The highest BCUT2D eigenvalue weighted by Crippen LogP contribution is 2.30. The first-order chi connectivity index (χ1) is 16.7. The quantitative estimate of drug-likeness (QED) is 0.409. The molecule has 2 aliphatic carbocycles. The third kappa shape index (κ3) is 6.93. The summed E-state index contributed by atoms with van der Waals surface area (Å²) < 4.78 is 38.6. The summed E-state index contributed by atoms with van der Waals surface area (Å²) in [5.41, 5.74) is -0.846. The van der Waals surface area contributed by atoms with E-state index in [4.69, 9.17) is 0 Å². The van der Waals surface area contributed by atoms with Gasteiger partial charge in [0, 0.05) is 35.6 Å². The number of guanidine groups is 1. The Hall–Kier alpha value is -3.17. The molecule has 10 heteroatoms. The Morgan fingerprint density at radius 1 is 1.00 bits per heavy atom. The number of nitrogens with one attached hydrogen (secondary N) is 3. The molecule has 2 aromatic rings. The van der Waals surface area contributed by atoms with Crippen molar-refractivity contribution in [1.82, 2.24) is 20.6 Å². The molecular formula is C25H31F3N6O. The van der Waals surface area contributed by atoms with E-state index in [0.29, 0.717) is 11.9 Å². The highest BCUT2D eigenvalue weighted by molar-refractivity contribution is 6.02. The minimum absolute atomic E-state index is 0.117. The lowest BCUT2D eigenvalue weighted by atomic mass is 9.91. The van der Waals surface area contributed by atoms with Crippen LogP contribution in [0.4, 0.5) is 19.1 Å². The molecule has 0 radical (unpaired) electrons. The number of carbonyl (C=O) groups excluding carboxylic acids is 1. The first-order valence-corrected chi connectivity index (χ1v) is 12.1. The fourth-order valence-corrected chi connectivity index (χ4v) is 4.76. The predicted molar refractivity (Wildman–Crippen MR) is 128 cm³/mol. The zero-order valence-corrected chi connectivity index (χ0v) is 19.7. The molecule has 0 unspecified atom stereocenters. The van der Waals surface area contributed by atoms with Gasteiger partial charge in [0.1, 0.15) is 0 Å². The molecular weight excluding hydrogens is 457 g/mol. The average Bonchev–Trinajstić information content (AvgIpc) is 3.26. The monoisotopic (exact) mass is 488 g/mol. The number of benzene rings is 1. The summed E-state index contributed by atoms with van der Waals surface area (Å²) in [6, 6.07) is 6.33. The van der Waals surface area contributed by atoms with Gasteiger partial charge in [-0.2, -0.15) is 18.2 Å². The topological polar surface area (TPSA) is 91.3 Å². The van der Waals surface area contributed by atoms with Gasteiger partial charge in [0.25, 0.3) is 5.91 Å². The number of hydrogen-bond acceptors (Lipinski definition) is 4. The van der Waals surface area contributed by atoms with Gasteiger partial charge in [-0.15, -0.1) is 0 Å². The summed E-state index contributed by atoms with van der Waals surface area (Å²) in [7, 11) is 0. The van der Waals surface area contributed by atoms with Crippen LogP contribution in [-0.2, 0) is 6.18 Å². The number of anilines is 1. The second-order valence-corrected chi connectivity index (χ2v) is 9.64. The molecule has 0 aliphatic heterocycles. The van der Waals surface area contributed by atoms with Gasteiger partial charge in [-0.05, 0) is 75.8 Å². The molecule has 0 atom stereocenters. The molecule has 2 fully saturated rings. The highest BCUT2D eigenvalue weighted by atomic mass is 19.4. The maximum atomic E-state index is 12.9. The molecule has 1 aromatic carbocycles. The standard InChI is InChI=1S/C25H31F3N6O/c1-24(13-2-3-14-24)34-23(33-21(35)17-5-7-18(8-6-17)25(26,27)28)32-20-11-9-19(10-12-20)31-22-29-15-4-16-30-22/h4-8,15-16,19-20H,2-3,9-14H2,1H3,(H,29,30,31)(H2,32,33,34,35)/t19-,20-. The molecule has 4 rings (SSSR count). The predicted octanol–water partition coefficient (Wildman–Crippen LogP) is 4.93. The van der Waals surface area contributed by atoms with Crippen molar-refractivity contribution in [3.05, 3.63) is 53.9 Å². The van der Waals surface area contributed by atoms with Crippen molar-refractivity contribution in [2.24, 2.45) is 4.99 Å². The summed E-state index contributed by atoms with van der Waals surface area (Å²) in [5.74, 6) is 0.429. The Morgan fingerprint density at radius 2 is 1.60 bits per heavy atom. The van der Waals surface area contributed by atoms with Crippen LogP contribution >= 0.6 is 0 Å². The maximum absolute atomic E-state index is 12.9. The maximum Gasteiger partial charge on any atom is 0.416 e. The molecule has 3 N–H and O–H groups in total. The molecule has 1 amide bonds. The van der Waals surface area contributed by atoms with E-state index in [2.05, 4.69) is 37.8 Å². The van der Waals surface area contributed by atoms with Gasteiger partial charge in [-0.25, -0.2) is 9.97 Å². The van der Waals surface area contributed by atoms with Crippen LogP contribution < -0.4 is 16.0 Å². The first-order valence-electron chi connectivity index (χ1n) is 12.1. The number of carbonyl (C=O) groups is 1. The van der Waals surface area contributed by atoms with E-state index in [1.54, 1.807) is 18.5 Å². The lowest BCUT2D eigenvalue weighted by Crippen LogP contribution is -2.53. The van der Waals surface area contributed by atoms with Gasteiger partial charge in [0.2, 0.25) is 5.95 Å². The number of aromatic nitrogens is 2. The van der Waals surface area contributed by atoms with Crippen molar-refractivity contribution in [2.75, 3.05) is 5.32 Å². The van der Waals surface area contributed by atoms with Gasteiger partial charge in [-0.3, -0.25) is 4.79 Å². The van der Waals surface area contributed by atoms with Crippen LogP contribution in [0.25, 0.3) is 0 Å². The highest BCUT2D eigenvalue weighted by Gasteiger charge is 2.32. The normalized spacial score (nSPS) is 22.5. The summed E-state index contributed by atoms with van der Waals surface area (Å²) in [4.78, 5) is 25.5. The van der Waals surface area contributed by atoms with Crippen molar-refractivity contribution in [3.63, 3.8) is 0 Å². The van der Waals surface area contributed by atoms with E-state index in [1.807, 2.05) is 0 Å². The Balaban J connectivity index is 1.42. The Morgan fingerprint density at radius 3 is 2.20 bits per heavy atom. The molecule has 2 saturated carbocycles. The Bertz CT molecular complexity index is 1010. The van der Waals surface area contributed by atoms with E-state index in [0.717, 1.165) is 63.5 Å². The van der Waals surface area contributed by atoms with E-state index in [-0.39, 0.29) is 23.2 Å². The van der Waals surface area contributed by atoms with Gasteiger partial charge >= 0.3 is 6.18 Å². The summed E-state index contributed by atoms with van der Waals surface area (Å²) in [5, 5.41) is 10.2. The van der Waals surface area contributed by atoms with Crippen LogP contribution in [0.2, 0.25) is 0 Å². The third-order valence-corrected chi connectivity index (χ3v) is 6.77. The molecule has 0 spiro atoms. The number of nitrogens with zero attached hydrogens (tertiary/aromatic N) is 3. The Labute approximate surface area is 203 Å². The van der Waals surface area contributed by atoms with Crippen molar-refractivity contribution >= 4 is 17.8 Å². The SMILES string of the molecule is CC1(N/C(=N/C(=O)c2ccc(C(F)(F)F)cc2)N[C@H]2CC[C@H](Nc3ncccn3)CC2)CCCC1. The summed E-state index contributed by atoms with van der Waals surface area (Å²) >= 11 is 0. The minimum Gasteiger partial charge on any atom is -0.353 e. The smallest absolute Gasteiger partial charge is 0.353 e. The summed E-state index contributed by atoms with van der Waals surface area (Å²) in [6.07, 6.45) is 6.65. The van der Waals surface area contributed by atoms with Crippen LogP contribution in [0.3, 0.4) is 0 Å².